The molecule has 5 nitrogen and oxygen atoms in total. The van der Waals surface area contributed by atoms with Crippen molar-refractivity contribution in [2.24, 2.45) is 0 Å². The maximum Gasteiger partial charge on any atom is 0.416 e. The van der Waals surface area contributed by atoms with Crippen LogP contribution in [0.1, 0.15) is 26.4 Å². The van der Waals surface area contributed by atoms with Crippen molar-refractivity contribution in [1.82, 2.24) is 9.79 Å². The van der Waals surface area contributed by atoms with Gasteiger partial charge >= 0.3 is 6.18 Å². The molecule has 0 aliphatic carbocycles. The Morgan fingerprint density at radius 2 is 1.92 bits per heavy atom. The predicted octanol–water partition coefficient (Wildman–Crippen LogP) is 1.73. The monoisotopic (exact) mass is 351 g/mol. The number of amides is 1. The lowest BCUT2D eigenvalue weighted by molar-refractivity contribution is -0.137. The summed E-state index contributed by atoms with van der Waals surface area (Å²) >= 11 is 0. The van der Waals surface area contributed by atoms with Gasteiger partial charge in [0, 0.05) is 32.0 Å². The van der Waals surface area contributed by atoms with Crippen LogP contribution in [0, 0.1) is 0 Å². The molecule has 0 unspecified atom stereocenters. The summed E-state index contributed by atoms with van der Waals surface area (Å²) in [5.74, 6) is -0.350. The van der Waals surface area contributed by atoms with Crippen molar-refractivity contribution < 1.29 is 22.8 Å². The van der Waals surface area contributed by atoms with E-state index in [1.165, 1.54) is 20.1 Å². The van der Waals surface area contributed by atoms with Gasteiger partial charge < -0.3 is 14.7 Å². The summed E-state index contributed by atoms with van der Waals surface area (Å²) in [5, 5.41) is 2.46. The van der Waals surface area contributed by atoms with Crippen LogP contribution in [0.4, 0.5) is 18.9 Å². The van der Waals surface area contributed by atoms with Crippen LogP contribution < -0.4 is 10.1 Å². The predicted molar refractivity (Wildman–Crippen MR) is 90.5 cm³/mol. The summed E-state index contributed by atoms with van der Waals surface area (Å²) in [7, 11) is 3.22. The lowest BCUT2D eigenvalue weighted by atomic mass is 10.2. The van der Waals surface area contributed by atoms with E-state index in [4.69, 9.17) is 0 Å². The van der Waals surface area contributed by atoms with E-state index in [0.717, 1.165) is 12.1 Å². The fourth-order valence-electron chi connectivity index (χ4n) is 2.43. The fraction of sp³-hybridized carbons (Fsp3) is 0.250. The summed E-state index contributed by atoms with van der Waals surface area (Å²) < 4.78 is 39.4. The van der Waals surface area contributed by atoms with Crippen LogP contribution >= 0.6 is 0 Å². The first-order valence-electron chi connectivity index (χ1n) is 7.52. The molecule has 1 aromatic carbocycles. The molecule has 0 aliphatic heterocycles. The molecular formula is C16H17BF3N3O2. The smallest absolute Gasteiger partial charge is 0.402 e. The number of alkyl halides is 3. The van der Waals surface area contributed by atoms with Crippen LogP contribution in [0.25, 0.3) is 0 Å². The molecule has 25 heavy (non-hydrogen) atoms. The lowest BCUT2D eigenvalue weighted by Crippen LogP contribution is -2.24. The van der Waals surface area contributed by atoms with Gasteiger partial charge in [-0.05, 0) is 30.3 Å². The van der Waals surface area contributed by atoms with Crippen LogP contribution in [-0.4, -0.2) is 38.3 Å². The SMILES string of the molecule is BNC(=O)c1ccn(CCN(C)c2ccc(C(F)(F)F)cc2)c1C=O. The summed E-state index contributed by atoms with van der Waals surface area (Å²) in [5.41, 5.74) is 0.475. The van der Waals surface area contributed by atoms with Gasteiger partial charge in [0.1, 0.15) is 0 Å². The zero-order valence-corrected chi connectivity index (χ0v) is 13.8. The van der Waals surface area contributed by atoms with Crippen LogP contribution in [-0.2, 0) is 12.7 Å². The minimum atomic E-state index is -4.36. The number of halogens is 3. The number of aromatic nitrogens is 1. The first-order chi connectivity index (χ1) is 11.8. The van der Waals surface area contributed by atoms with Gasteiger partial charge in [-0.15, -0.1) is 0 Å². The zero-order chi connectivity index (χ0) is 18.6. The first-order valence-corrected chi connectivity index (χ1v) is 7.52. The third kappa shape index (κ3) is 4.23. The number of aldehydes is 1. The topological polar surface area (TPSA) is 54.3 Å². The Hall–Kier alpha value is -2.71. The van der Waals surface area contributed by atoms with Gasteiger partial charge in [0.2, 0.25) is 13.9 Å². The molecule has 1 N–H and O–H groups in total. The van der Waals surface area contributed by atoms with Gasteiger partial charge in [0.05, 0.1) is 16.8 Å². The van der Waals surface area contributed by atoms with Crippen molar-refractivity contribution in [3.63, 3.8) is 0 Å². The molecule has 0 radical (unpaired) electrons. The molecular weight excluding hydrogens is 334 g/mol. The minimum absolute atomic E-state index is 0.264. The van der Waals surface area contributed by atoms with Gasteiger partial charge in [-0.25, -0.2) is 0 Å². The Bertz CT molecular complexity index is 757. The third-order valence-electron chi connectivity index (χ3n) is 3.90. The Kier molecular flexibility index (Phi) is 5.56. The van der Waals surface area contributed by atoms with Crippen molar-refractivity contribution in [1.29, 1.82) is 0 Å². The van der Waals surface area contributed by atoms with Gasteiger partial charge in [0.25, 0.3) is 0 Å². The normalized spacial score (nSPS) is 11.2. The average molecular weight is 351 g/mol. The highest BCUT2D eigenvalue weighted by molar-refractivity contribution is 6.19. The van der Waals surface area contributed by atoms with Crippen molar-refractivity contribution in [2.45, 2.75) is 12.7 Å². The fourth-order valence-corrected chi connectivity index (χ4v) is 2.43. The van der Waals surface area contributed by atoms with Crippen molar-refractivity contribution in [3.8, 4) is 0 Å². The summed E-state index contributed by atoms with van der Waals surface area (Å²) in [6.45, 7) is 0.858. The summed E-state index contributed by atoms with van der Waals surface area (Å²) in [6, 6.07) is 6.41. The van der Waals surface area contributed by atoms with E-state index >= 15 is 0 Å². The largest absolute Gasteiger partial charge is 0.416 e. The van der Waals surface area contributed by atoms with Crippen molar-refractivity contribution >= 4 is 25.9 Å². The Labute approximate surface area is 143 Å². The Morgan fingerprint density at radius 1 is 1.28 bits per heavy atom. The van der Waals surface area contributed by atoms with Gasteiger partial charge in [-0.1, -0.05) is 0 Å². The maximum absolute atomic E-state index is 12.6. The molecule has 1 heterocycles. The number of carbonyl (C=O) groups excluding carboxylic acids is 2. The molecule has 1 aromatic heterocycles. The molecule has 9 heteroatoms. The summed E-state index contributed by atoms with van der Waals surface area (Å²) in [6.07, 6.45) is -2.12. The number of rotatable bonds is 6. The number of hydrogen-bond acceptors (Lipinski definition) is 3. The number of hydrogen-bond donors (Lipinski definition) is 1. The average Bonchev–Trinajstić information content (AvgIpc) is 3.01. The molecule has 1 amide bonds. The lowest BCUT2D eigenvalue weighted by Gasteiger charge is -2.20. The van der Waals surface area contributed by atoms with E-state index < -0.39 is 11.7 Å². The molecule has 0 spiro atoms. The van der Waals surface area contributed by atoms with E-state index in [1.54, 1.807) is 28.8 Å². The molecule has 2 rings (SSSR count). The number of carbonyl (C=O) groups is 2. The Morgan fingerprint density at radius 3 is 2.44 bits per heavy atom. The van der Waals surface area contributed by atoms with Crippen molar-refractivity contribution in [2.75, 3.05) is 18.5 Å². The van der Waals surface area contributed by atoms with E-state index in [2.05, 4.69) is 5.23 Å². The second-order valence-corrected chi connectivity index (χ2v) is 5.47. The van der Waals surface area contributed by atoms with Gasteiger partial charge in [-0.3, -0.25) is 9.59 Å². The number of likely N-dealkylation sites (N-methyl/N-ethyl adjacent to an activating group) is 1. The number of nitrogens with one attached hydrogen (secondary N) is 1. The molecule has 0 saturated carbocycles. The van der Waals surface area contributed by atoms with Crippen molar-refractivity contribution in [3.05, 3.63) is 53.3 Å². The van der Waals surface area contributed by atoms with Crippen LogP contribution in [0.5, 0.6) is 0 Å². The quantitative estimate of drug-likeness (QED) is 0.637. The second-order valence-electron chi connectivity index (χ2n) is 5.47. The highest BCUT2D eigenvalue weighted by Gasteiger charge is 2.30. The summed E-state index contributed by atoms with van der Waals surface area (Å²) in [4.78, 5) is 24.7. The molecule has 0 atom stereocenters. The van der Waals surface area contributed by atoms with E-state index in [0.29, 0.717) is 25.1 Å². The molecule has 0 saturated heterocycles. The highest BCUT2D eigenvalue weighted by Crippen LogP contribution is 2.30. The van der Waals surface area contributed by atoms with E-state index in [1.807, 2.05) is 0 Å². The number of benzene rings is 1. The molecule has 0 aliphatic rings. The minimum Gasteiger partial charge on any atom is -0.402 e. The molecule has 2 aromatic rings. The zero-order valence-electron chi connectivity index (χ0n) is 13.8. The molecule has 132 valence electrons. The van der Waals surface area contributed by atoms with E-state index in [-0.39, 0.29) is 17.2 Å². The van der Waals surface area contributed by atoms with E-state index in [9.17, 15) is 22.8 Å². The van der Waals surface area contributed by atoms with Crippen LogP contribution in [0.2, 0.25) is 0 Å². The first kappa shape index (κ1) is 18.6. The number of anilines is 1. The Balaban J connectivity index is 2.07. The number of nitrogens with zero attached hydrogens (tertiary/aromatic N) is 2. The van der Waals surface area contributed by atoms with Gasteiger partial charge in [-0.2, -0.15) is 13.2 Å². The maximum atomic E-state index is 12.6. The highest BCUT2D eigenvalue weighted by atomic mass is 19.4. The molecule has 0 fully saturated rings. The van der Waals surface area contributed by atoms with Crippen LogP contribution in [0.3, 0.4) is 0 Å². The second kappa shape index (κ2) is 7.46. The molecule has 0 bridgehead atoms. The van der Waals surface area contributed by atoms with Gasteiger partial charge in [0.15, 0.2) is 6.29 Å². The standard InChI is InChI=1S/C16H17BF3N3O2/c1-22(12-4-2-11(3-5-12)16(18,19)20)8-9-23-7-6-13(14(23)10-24)15(25)21-17/h2-7,10H,8-9,17H2,1H3,(H,21,25). The third-order valence-corrected chi connectivity index (χ3v) is 3.90. The van der Waals surface area contributed by atoms with Crippen LogP contribution in [0.15, 0.2) is 36.5 Å².